The molecule has 0 aliphatic carbocycles. The van der Waals surface area contributed by atoms with Crippen LogP contribution >= 0.6 is 11.8 Å². The molecule has 1 atom stereocenters. The largest absolute Gasteiger partial charge is 0.318 e. The highest BCUT2D eigenvalue weighted by atomic mass is 32.2. The standard InChI is InChI=1S/C17H21NS/c1-14-7-6-8-15(11-14)13-19-17(12-18-2)16-9-4-3-5-10-16/h3-11,17-18H,12-13H2,1-2H3. The van der Waals surface area contributed by atoms with Gasteiger partial charge in [-0.25, -0.2) is 0 Å². The van der Waals surface area contributed by atoms with E-state index in [1.54, 1.807) is 0 Å². The summed E-state index contributed by atoms with van der Waals surface area (Å²) >= 11 is 2.00. The van der Waals surface area contributed by atoms with Gasteiger partial charge in [0.1, 0.15) is 0 Å². The summed E-state index contributed by atoms with van der Waals surface area (Å²) in [5, 5.41) is 3.80. The second kappa shape index (κ2) is 7.37. The molecule has 2 heteroatoms. The highest BCUT2D eigenvalue weighted by molar-refractivity contribution is 7.98. The van der Waals surface area contributed by atoms with Gasteiger partial charge >= 0.3 is 0 Å². The number of hydrogen-bond donors (Lipinski definition) is 1. The van der Waals surface area contributed by atoms with Crippen molar-refractivity contribution in [3.05, 3.63) is 71.3 Å². The molecule has 0 heterocycles. The second-order valence-corrected chi connectivity index (χ2v) is 5.95. The van der Waals surface area contributed by atoms with Crippen LogP contribution in [0.15, 0.2) is 54.6 Å². The Kier molecular flexibility index (Phi) is 5.49. The fraction of sp³-hybridized carbons (Fsp3) is 0.294. The van der Waals surface area contributed by atoms with Gasteiger partial charge in [0.25, 0.3) is 0 Å². The summed E-state index contributed by atoms with van der Waals surface area (Å²) in [6, 6.07) is 19.5. The van der Waals surface area contributed by atoms with Gasteiger partial charge < -0.3 is 5.32 Å². The maximum absolute atomic E-state index is 3.29. The third kappa shape index (κ3) is 4.41. The molecule has 0 saturated carbocycles. The van der Waals surface area contributed by atoms with E-state index in [2.05, 4.69) is 66.8 Å². The average Bonchev–Trinajstić information content (AvgIpc) is 2.44. The lowest BCUT2D eigenvalue weighted by Gasteiger charge is -2.16. The van der Waals surface area contributed by atoms with Crippen LogP contribution in [0.5, 0.6) is 0 Å². The summed E-state index contributed by atoms with van der Waals surface area (Å²) in [4.78, 5) is 0. The third-order valence-electron chi connectivity index (χ3n) is 3.09. The minimum atomic E-state index is 0.506. The van der Waals surface area contributed by atoms with E-state index in [0.29, 0.717) is 5.25 Å². The van der Waals surface area contributed by atoms with Crippen molar-refractivity contribution in [3.63, 3.8) is 0 Å². The molecule has 0 saturated heterocycles. The minimum absolute atomic E-state index is 0.506. The lowest BCUT2D eigenvalue weighted by atomic mass is 10.1. The molecule has 2 rings (SSSR count). The summed E-state index contributed by atoms with van der Waals surface area (Å²) in [6.07, 6.45) is 0. The first-order valence-corrected chi connectivity index (χ1v) is 7.71. The van der Waals surface area contributed by atoms with Crippen LogP contribution in [0.2, 0.25) is 0 Å². The van der Waals surface area contributed by atoms with Crippen LogP contribution in [0.4, 0.5) is 0 Å². The van der Waals surface area contributed by atoms with Crippen molar-refractivity contribution in [1.82, 2.24) is 5.32 Å². The summed E-state index contributed by atoms with van der Waals surface area (Å²) in [5.74, 6) is 1.06. The molecule has 2 aromatic carbocycles. The zero-order valence-corrected chi connectivity index (χ0v) is 12.4. The van der Waals surface area contributed by atoms with E-state index in [1.165, 1.54) is 16.7 Å². The van der Waals surface area contributed by atoms with E-state index < -0.39 is 0 Å². The van der Waals surface area contributed by atoms with Crippen molar-refractivity contribution in [2.45, 2.75) is 17.9 Å². The van der Waals surface area contributed by atoms with Gasteiger partial charge in [0.05, 0.1) is 0 Å². The van der Waals surface area contributed by atoms with Gasteiger partial charge in [-0.15, -0.1) is 11.8 Å². The summed E-state index contributed by atoms with van der Waals surface area (Å²) in [5.41, 5.74) is 4.14. The van der Waals surface area contributed by atoms with Gasteiger partial charge in [-0.05, 0) is 25.1 Å². The molecule has 0 aromatic heterocycles. The first-order valence-electron chi connectivity index (χ1n) is 6.66. The van der Waals surface area contributed by atoms with Gasteiger partial charge in [0, 0.05) is 17.5 Å². The fourth-order valence-electron chi connectivity index (χ4n) is 2.12. The highest BCUT2D eigenvalue weighted by Crippen LogP contribution is 2.31. The normalized spacial score (nSPS) is 12.3. The zero-order valence-electron chi connectivity index (χ0n) is 11.6. The van der Waals surface area contributed by atoms with Crippen LogP contribution in [-0.2, 0) is 5.75 Å². The number of thioether (sulfide) groups is 1. The molecule has 0 spiro atoms. The van der Waals surface area contributed by atoms with E-state index in [-0.39, 0.29) is 0 Å². The lowest BCUT2D eigenvalue weighted by molar-refractivity contribution is 0.777. The highest BCUT2D eigenvalue weighted by Gasteiger charge is 2.10. The summed E-state index contributed by atoms with van der Waals surface area (Å²) < 4.78 is 0. The molecule has 19 heavy (non-hydrogen) atoms. The number of nitrogens with one attached hydrogen (secondary N) is 1. The molecular formula is C17H21NS. The fourth-order valence-corrected chi connectivity index (χ4v) is 3.33. The maximum atomic E-state index is 3.29. The molecular weight excluding hydrogens is 250 g/mol. The summed E-state index contributed by atoms with van der Waals surface area (Å²) in [7, 11) is 2.02. The van der Waals surface area contributed by atoms with Gasteiger partial charge in [-0.1, -0.05) is 60.2 Å². The van der Waals surface area contributed by atoms with Crippen LogP contribution < -0.4 is 5.32 Å². The van der Waals surface area contributed by atoms with Crippen LogP contribution in [0.1, 0.15) is 21.9 Å². The van der Waals surface area contributed by atoms with Crippen molar-refractivity contribution >= 4 is 11.8 Å². The van der Waals surface area contributed by atoms with Crippen molar-refractivity contribution < 1.29 is 0 Å². The van der Waals surface area contributed by atoms with E-state index in [4.69, 9.17) is 0 Å². The molecule has 100 valence electrons. The number of likely N-dealkylation sites (N-methyl/N-ethyl adjacent to an activating group) is 1. The van der Waals surface area contributed by atoms with Crippen LogP contribution in [0, 0.1) is 6.92 Å². The predicted molar refractivity (Wildman–Crippen MR) is 85.6 cm³/mol. The molecule has 0 amide bonds. The van der Waals surface area contributed by atoms with Crippen LogP contribution in [0.25, 0.3) is 0 Å². The number of hydrogen-bond acceptors (Lipinski definition) is 2. The van der Waals surface area contributed by atoms with E-state index >= 15 is 0 Å². The number of rotatable bonds is 6. The Morgan fingerprint density at radius 3 is 2.53 bits per heavy atom. The Hall–Kier alpha value is -1.25. The lowest BCUT2D eigenvalue weighted by Crippen LogP contribution is -2.15. The minimum Gasteiger partial charge on any atom is -0.318 e. The van der Waals surface area contributed by atoms with Gasteiger partial charge in [-0.3, -0.25) is 0 Å². The first kappa shape index (κ1) is 14.2. The Bertz CT molecular complexity index is 496. The SMILES string of the molecule is CNCC(SCc1cccc(C)c1)c1ccccc1. The van der Waals surface area contributed by atoms with Crippen molar-refractivity contribution in [2.24, 2.45) is 0 Å². The third-order valence-corrected chi connectivity index (χ3v) is 4.44. The average molecular weight is 271 g/mol. The molecule has 0 radical (unpaired) electrons. The van der Waals surface area contributed by atoms with Crippen LogP contribution in [0.3, 0.4) is 0 Å². The Morgan fingerprint density at radius 1 is 1.05 bits per heavy atom. The molecule has 0 fully saturated rings. The maximum Gasteiger partial charge on any atom is 0.0425 e. The second-order valence-electron chi connectivity index (χ2n) is 4.76. The van der Waals surface area contributed by atoms with Crippen molar-refractivity contribution in [1.29, 1.82) is 0 Å². The Balaban J connectivity index is 2.01. The van der Waals surface area contributed by atoms with Gasteiger partial charge in [-0.2, -0.15) is 0 Å². The smallest absolute Gasteiger partial charge is 0.0425 e. The number of benzene rings is 2. The Labute approximate surface area is 120 Å². The van der Waals surface area contributed by atoms with E-state index in [9.17, 15) is 0 Å². The van der Waals surface area contributed by atoms with Crippen molar-refractivity contribution in [2.75, 3.05) is 13.6 Å². The molecule has 1 nitrogen and oxygen atoms in total. The molecule has 0 aliphatic rings. The topological polar surface area (TPSA) is 12.0 Å². The van der Waals surface area contributed by atoms with Crippen molar-refractivity contribution in [3.8, 4) is 0 Å². The predicted octanol–water partition coefficient (Wildman–Crippen LogP) is 4.19. The van der Waals surface area contributed by atoms with Gasteiger partial charge in [0.2, 0.25) is 0 Å². The molecule has 2 aromatic rings. The summed E-state index contributed by atoms with van der Waals surface area (Å²) in [6.45, 7) is 3.15. The molecule has 0 aliphatic heterocycles. The molecule has 1 unspecified atom stereocenters. The molecule has 0 bridgehead atoms. The number of aryl methyl sites for hydroxylation is 1. The van der Waals surface area contributed by atoms with E-state index in [0.717, 1.165) is 12.3 Å². The quantitative estimate of drug-likeness (QED) is 0.845. The van der Waals surface area contributed by atoms with Gasteiger partial charge in [0.15, 0.2) is 0 Å². The van der Waals surface area contributed by atoms with Crippen LogP contribution in [-0.4, -0.2) is 13.6 Å². The first-order chi connectivity index (χ1) is 9.29. The zero-order chi connectivity index (χ0) is 13.5. The molecule has 1 N–H and O–H groups in total. The Morgan fingerprint density at radius 2 is 1.84 bits per heavy atom. The monoisotopic (exact) mass is 271 g/mol. The van der Waals surface area contributed by atoms with E-state index in [1.807, 2.05) is 18.8 Å².